The predicted octanol–water partition coefficient (Wildman–Crippen LogP) is 2.10. The number of carboxylic acids is 1. The Balaban J connectivity index is 1.42. The second kappa shape index (κ2) is 10.7. The number of nitrogens with one attached hydrogen (secondary N) is 1. The topological polar surface area (TPSA) is 154 Å². The van der Waals surface area contributed by atoms with Gasteiger partial charge < -0.3 is 16.2 Å². The van der Waals surface area contributed by atoms with E-state index in [4.69, 9.17) is 5.73 Å². The number of carboxylic acid groups (broad SMARTS) is 1. The number of pyridine rings is 1. The van der Waals surface area contributed by atoms with Crippen molar-refractivity contribution < 1.29 is 14.7 Å². The Bertz CT molecular complexity index is 1730. The lowest BCUT2D eigenvalue weighted by Gasteiger charge is -2.20. The summed E-state index contributed by atoms with van der Waals surface area (Å²) in [6.45, 7) is 1.94. The summed E-state index contributed by atoms with van der Waals surface area (Å²) < 4.78 is 2.84. The number of rotatable bonds is 8. The number of aromatic nitrogens is 4. The molecule has 2 aromatic heterocycles. The number of anilines is 1. The SMILES string of the molecule is Cc1nc(N)ccc1CNC(=O)C1C=CCn2c(=O)n(C(CSc3cccc4ccccc34)C(=O)O)c(=O)n21. The Morgan fingerprint density at radius 2 is 1.90 bits per heavy atom. The van der Waals surface area contributed by atoms with Crippen molar-refractivity contribution in [2.24, 2.45) is 0 Å². The number of carbonyl (C=O) groups is 2. The van der Waals surface area contributed by atoms with E-state index in [1.165, 1.54) is 17.8 Å². The Hall–Kier alpha value is -4.58. The molecular weight excluding hydrogens is 520 g/mol. The van der Waals surface area contributed by atoms with Gasteiger partial charge in [-0.05, 0) is 35.4 Å². The van der Waals surface area contributed by atoms with Crippen molar-refractivity contribution in [1.82, 2.24) is 24.2 Å². The maximum absolute atomic E-state index is 13.5. The van der Waals surface area contributed by atoms with Crippen molar-refractivity contribution in [3.8, 4) is 0 Å². The fraction of sp³-hybridized carbons (Fsp3) is 0.222. The van der Waals surface area contributed by atoms with Crippen LogP contribution >= 0.6 is 11.8 Å². The third-order valence-electron chi connectivity index (χ3n) is 6.63. The number of nitrogens with two attached hydrogens (primary N) is 1. The number of carbonyl (C=O) groups excluding carboxylic acids is 1. The molecule has 4 aromatic rings. The third kappa shape index (κ3) is 4.98. The van der Waals surface area contributed by atoms with E-state index in [0.29, 0.717) is 11.5 Å². The van der Waals surface area contributed by atoms with Gasteiger partial charge in [0.15, 0.2) is 6.04 Å². The van der Waals surface area contributed by atoms with Crippen LogP contribution in [-0.2, 0) is 22.7 Å². The second-order valence-electron chi connectivity index (χ2n) is 9.08. The lowest BCUT2D eigenvalue weighted by Crippen LogP contribution is -2.41. The molecule has 2 atom stereocenters. The first-order valence-electron chi connectivity index (χ1n) is 12.2. The fourth-order valence-corrected chi connectivity index (χ4v) is 5.76. The van der Waals surface area contributed by atoms with Crippen LogP contribution < -0.4 is 22.4 Å². The first-order chi connectivity index (χ1) is 18.8. The van der Waals surface area contributed by atoms with Gasteiger partial charge in [0.1, 0.15) is 11.9 Å². The van der Waals surface area contributed by atoms with Crippen molar-refractivity contribution in [3.05, 3.63) is 99.0 Å². The summed E-state index contributed by atoms with van der Waals surface area (Å²) in [6, 6.07) is 14.2. The zero-order chi connectivity index (χ0) is 27.7. The van der Waals surface area contributed by atoms with E-state index in [9.17, 15) is 24.3 Å². The largest absolute Gasteiger partial charge is 0.480 e. The number of amides is 1. The van der Waals surface area contributed by atoms with E-state index in [1.54, 1.807) is 25.1 Å². The van der Waals surface area contributed by atoms with Gasteiger partial charge in [-0.25, -0.2) is 33.3 Å². The first kappa shape index (κ1) is 26.0. The maximum atomic E-state index is 13.5. The van der Waals surface area contributed by atoms with E-state index in [-0.39, 0.29) is 18.8 Å². The maximum Gasteiger partial charge on any atom is 0.349 e. The molecule has 0 bridgehead atoms. The monoisotopic (exact) mass is 546 g/mol. The van der Waals surface area contributed by atoms with Gasteiger partial charge in [-0.3, -0.25) is 4.79 Å². The summed E-state index contributed by atoms with van der Waals surface area (Å²) in [5.41, 5.74) is 5.44. The van der Waals surface area contributed by atoms with Crippen LogP contribution in [0.3, 0.4) is 0 Å². The molecule has 1 amide bonds. The van der Waals surface area contributed by atoms with Gasteiger partial charge in [-0.15, -0.1) is 11.8 Å². The van der Waals surface area contributed by atoms with Crippen molar-refractivity contribution >= 4 is 40.2 Å². The van der Waals surface area contributed by atoms with Crippen LogP contribution in [-0.4, -0.2) is 41.7 Å². The number of nitrogen functional groups attached to an aromatic ring is 1. The first-order valence-corrected chi connectivity index (χ1v) is 13.2. The van der Waals surface area contributed by atoms with Gasteiger partial charge in [0.2, 0.25) is 5.91 Å². The van der Waals surface area contributed by atoms with Gasteiger partial charge in [0.25, 0.3) is 0 Å². The Morgan fingerprint density at radius 1 is 1.13 bits per heavy atom. The zero-order valence-electron chi connectivity index (χ0n) is 21.0. The number of nitrogens with zero attached hydrogens (tertiary/aromatic N) is 4. The molecule has 3 heterocycles. The molecule has 0 saturated heterocycles. The molecule has 0 spiro atoms. The average Bonchev–Trinajstić information content (AvgIpc) is 3.18. The molecule has 0 fully saturated rings. The van der Waals surface area contributed by atoms with Gasteiger partial charge in [0, 0.05) is 22.9 Å². The minimum atomic E-state index is -1.44. The molecule has 2 aromatic carbocycles. The lowest BCUT2D eigenvalue weighted by molar-refractivity contribution is -0.140. The number of aliphatic carboxylic acids is 1. The molecule has 0 saturated carbocycles. The molecule has 1 aliphatic rings. The van der Waals surface area contributed by atoms with E-state index in [0.717, 1.165) is 35.2 Å². The third-order valence-corrected chi connectivity index (χ3v) is 7.78. The van der Waals surface area contributed by atoms with Gasteiger partial charge in [-0.1, -0.05) is 54.6 Å². The normalized spacial score (nSPS) is 15.2. The molecule has 12 heteroatoms. The summed E-state index contributed by atoms with van der Waals surface area (Å²) in [7, 11) is 0. The summed E-state index contributed by atoms with van der Waals surface area (Å²) in [4.78, 5) is 57.2. The zero-order valence-corrected chi connectivity index (χ0v) is 21.8. The van der Waals surface area contributed by atoms with E-state index < -0.39 is 35.3 Å². The van der Waals surface area contributed by atoms with E-state index in [2.05, 4.69) is 10.3 Å². The summed E-state index contributed by atoms with van der Waals surface area (Å²) >= 11 is 1.25. The van der Waals surface area contributed by atoms with Crippen molar-refractivity contribution in [1.29, 1.82) is 0 Å². The highest BCUT2D eigenvalue weighted by Crippen LogP contribution is 2.30. The number of aryl methyl sites for hydroxylation is 1. The number of allylic oxidation sites excluding steroid dienone is 1. The number of hydrogen-bond acceptors (Lipinski definition) is 7. The van der Waals surface area contributed by atoms with Crippen molar-refractivity contribution in [3.63, 3.8) is 0 Å². The van der Waals surface area contributed by atoms with Crippen LogP contribution in [0.4, 0.5) is 5.82 Å². The van der Waals surface area contributed by atoms with E-state index >= 15 is 0 Å². The smallest absolute Gasteiger partial charge is 0.349 e. The Labute approximate surface area is 226 Å². The standard InChI is InChI=1S/C27H26N6O5S/c1-16-18(11-12-23(28)30-16)14-29-24(34)20-9-5-13-31-26(37)32(27(38)33(20)31)21(25(35)36)15-39-22-10-4-7-17-6-2-3-8-19(17)22/h2-12,20-21H,13-15H2,1H3,(H2,28,30)(H,29,34)(H,35,36). The highest BCUT2D eigenvalue weighted by Gasteiger charge is 2.33. The quantitative estimate of drug-likeness (QED) is 0.224. The molecule has 5 rings (SSSR count). The fourth-order valence-electron chi connectivity index (χ4n) is 4.61. The lowest BCUT2D eigenvalue weighted by atomic mass is 10.1. The van der Waals surface area contributed by atoms with Gasteiger partial charge in [0.05, 0.1) is 6.54 Å². The molecule has 0 aliphatic carbocycles. The summed E-state index contributed by atoms with van der Waals surface area (Å²) in [5, 5.41) is 14.7. The summed E-state index contributed by atoms with van der Waals surface area (Å²) in [6.07, 6.45) is 3.13. The van der Waals surface area contributed by atoms with Crippen LogP contribution in [0.2, 0.25) is 0 Å². The van der Waals surface area contributed by atoms with Crippen LogP contribution in [0.25, 0.3) is 10.8 Å². The van der Waals surface area contributed by atoms with Gasteiger partial charge >= 0.3 is 17.3 Å². The number of benzene rings is 2. The van der Waals surface area contributed by atoms with Crippen LogP contribution in [0.15, 0.2) is 81.2 Å². The van der Waals surface area contributed by atoms with E-state index in [1.807, 2.05) is 42.5 Å². The van der Waals surface area contributed by atoms with Crippen LogP contribution in [0, 0.1) is 6.92 Å². The van der Waals surface area contributed by atoms with Crippen molar-refractivity contribution in [2.45, 2.75) is 37.0 Å². The number of thioether (sulfide) groups is 1. The Morgan fingerprint density at radius 3 is 2.67 bits per heavy atom. The molecular formula is C27H26N6O5S. The average molecular weight is 547 g/mol. The van der Waals surface area contributed by atoms with Crippen LogP contribution in [0.5, 0.6) is 0 Å². The number of fused-ring (bicyclic) bond motifs is 2. The second-order valence-corrected chi connectivity index (χ2v) is 10.1. The minimum absolute atomic E-state index is 0.0364. The van der Waals surface area contributed by atoms with Crippen molar-refractivity contribution in [2.75, 3.05) is 11.5 Å². The molecule has 39 heavy (non-hydrogen) atoms. The van der Waals surface area contributed by atoms with Gasteiger partial charge in [-0.2, -0.15) is 0 Å². The molecule has 200 valence electrons. The highest BCUT2D eigenvalue weighted by molar-refractivity contribution is 7.99. The summed E-state index contributed by atoms with van der Waals surface area (Å²) in [5.74, 6) is -1.53. The Kier molecular flexibility index (Phi) is 7.11. The molecule has 11 nitrogen and oxygen atoms in total. The van der Waals surface area contributed by atoms with Crippen LogP contribution in [0.1, 0.15) is 23.3 Å². The minimum Gasteiger partial charge on any atom is -0.480 e. The molecule has 1 aliphatic heterocycles. The molecule has 0 radical (unpaired) electrons. The molecule has 2 unspecified atom stereocenters. The highest BCUT2D eigenvalue weighted by atomic mass is 32.2. The predicted molar refractivity (Wildman–Crippen MR) is 148 cm³/mol. The molecule has 4 N–H and O–H groups in total. The number of hydrogen-bond donors (Lipinski definition) is 3.